The molecule has 2 aliphatic rings. The molecule has 4 heteroatoms. The molecule has 0 N–H and O–H groups in total. The van der Waals surface area contributed by atoms with Gasteiger partial charge in [-0.25, -0.2) is 0 Å². The number of epoxide rings is 1. The number of carbonyl (C=O) groups excluding carboxylic acids is 2. The van der Waals surface area contributed by atoms with E-state index >= 15 is 0 Å². The van der Waals surface area contributed by atoms with Gasteiger partial charge in [-0.15, -0.1) is 0 Å². The number of imide groups is 1. The van der Waals surface area contributed by atoms with Crippen LogP contribution in [0.3, 0.4) is 0 Å². The molecule has 7 rings (SSSR count). The van der Waals surface area contributed by atoms with Crippen molar-refractivity contribution < 1.29 is 14.3 Å². The van der Waals surface area contributed by atoms with Crippen LogP contribution in [-0.2, 0) is 10.3 Å². The van der Waals surface area contributed by atoms with Crippen molar-refractivity contribution in [3.8, 4) is 0 Å². The molecule has 1 saturated heterocycles. The summed E-state index contributed by atoms with van der Waals surface area (Å²) >= 11 is 0. The summed E-state index contributed by atoms with van der Waals surface area (Å²) in [6, 6.07) is 41.8. The van der Waals surface area contributed by atoms with E-state index in [0.29, 0.717) is 11.1 Å². The molecule has 2 aliphatic heterocycles. The first-order valence-corrected chi connectivity index (χ1v) is 12.9. The molecule has 1 fully saturated rings. The largest absolute Gasteiger partial charge is 0.355 e. The summed E-state index contributed by atoms with van der Waals surface area (Å²) in [6.07, 6.45) is -0.261. The maximum Gasteiger partial charge on any atom is 0.261 e. The highest BCUT2D eigenvalue weighted by atomic mass is 16.6. The number of amides is 2. The molecule has 2 unspecified atom stereocenters. The number of hydrogen-bond acceptors (Lipinski definition) is 3. The number of hydrogen-bond donors (Lipinski definition) is 0. The van der Waals surface area contributed by atoms with Gasteiger partial charge in [-0.3, -0.25) is 14.5 Å². The summed E-state index contributed by atoms with van der Waals surface area (Å²) in [5.41, 5.74) is 3.62. The van der Waals surface area contributed by atoms with Gasteiger partial charge in [0.25, 0.3) is 11.8 Å². The minimum Gasteiger partial charge on any atom is -0.355 e. The van der Waals surface area contributed by atoms with Gasteiger partial charge in [0.05, 0.1) is 0 Å². The fourth-order valence-corrected chi connectivity index (χ4v) is 6.05. The molecule has 184 valence electrons. The van der Waals surface area contributed by atoms with Crippen LogP contribution in [0.4, 0.5) is 0 Å². The molecule has 38 heavy (non-hydrogen) atoms. The van der Waals surface area contributed by atoms with Crippen LogP contribution in [0, 0.1) is 0 Å². The molecule has 2 atom stereocenters. The van der Waals surface area contributed by atoms with E-state index in [1.54, 1.807) is 0 Å². The molecule has 5 aromatic carbocycles. The second kappa shape index (κ2) is 8.79. The van der Waals surface area contributed by atoms with Gasteiger partial charge in [-0.1, -0.05) is 115 Å². The Labute approximate surface area is 221 Å². The van der Waals surface area contributed by atoms with Gasteiger partial charge in [0.2, 0.25) is 0 Å². The quantitative estimate of drug-likeness (QED) is 0.198. The second-order valence-corrected chi connectivity index (χ2v) is 9.95. The van der Waals surface area contributed by atoms with E-state index in [4.69, 9.17) is 4.74 Å². The molecule has 2 amide bonds. The fraction of sp³-hybridized carbons (Fsp3) is 0.118. The number of carbonyl (C=O) groups is 2. The SMILES string of the molecule is O=C1c2cccc3cccc(c23)C(=O)N1CC(c1ccccc1)C1OC1(c1ccccc1)c1ccccc1. The molecule has 4 nitrogen and oxygen atoms in total. The van der Waals surface area contributed by atoms with Gasteiger partial charge in [-0.05, 0) is 34.2 Å². The molecule has 0 saturated carbocycles. The highest BCUT2D eigenvalue weighted by molar-refractivity contribution is 6.25. The molecule has 0 radical (unpaired) electrons. The van der Waals surface area contributed by atoms with Crippen LogP contribution in [0.2, 0.25) is 0 Å². The first-order valence-electron chi connectivity index (χ1n) is 12.9. The van der Waals surface area contributed by atoms with E-state index in [9.17, 15) is 9.59 Å². The van der Waals surface area contributed by atoms with Crippen LogP contribution in [0.25, 0.3) is 10.8 Å². The maximum atomic E-state index is 13.8. The number of nitrogens with zero attached hydrogens (tertiary/aromatic N) is 1. The zero-order valence-electron chi connectivity index (χ0n) is 20.7. The molecular formula is C34H25NO3. The normalized spacial score (nSPS) is 18.4. The van der Waals surface area contributed by atoms with E-state index in [0.717, 1.165) is 27.5 Å². The van der Waals surface area contributed by atoms with Gasteiger partial charge in [0.15, 0.2) is 0 Å². The van der Waals surface area contributed by atoms with E-state index in [-0.39, 0.29) is 30.4 Å². The molecule has 0 spiro atoms. The lowest BCUT2D eigenvalue weighted by atomic mass is 9.80. The Balaban J connectivity index is 1.33. The van der Waals surface area contributed by atoms with Crippen LogP contribution in [0.1, 0.15) is 43.3 Å². The highest BCUT2D eigenvalue weighted by Gasteiger charge is 2.62. The smallest absolute Gasteiger partial charge is 0.261 e. The zero-order valence-corrected chi connectivity index (χ0v) is 20.7. The van der Waals surface area contributed by atoms with E-state index in [2.05, 4.69) is 36.4 Å². The third-order valence-corrected chi connectivity index (χ3v) is 7.89. The predicted octanol–water partition coefficient (Wildman–Crippen LogP) is 6.56. The number of benzene rings is 5. The van der Waals surface area contributed by atoms with Gasteiger partial charge in [0.1, 0.15) is 11.7 Å². The monoisotopic (exact) mass is 495 g/mol. The van der Waals surface area contributed by atoms with Crippen molar-refractivity contribution in [3.05, 3.63) is 155 Å². The summed E-state index contributed by atoms with van der Waals surface area (Å²) < 4.78 is 6.68. The zero-order chi connectivity index (χ0) is 25.7. The molecule has 2 heterocycles. The van der Waals surface area contributed by atoms with E-state index in [1.165, 1.54) is 4.90 Å². The lowest BCUT2D eigenvalue weighted by Crippen LogP contribution is -2.44. The molecule has 5 aromatic rings. The highest BCUT2D eigenvalue weighted by Crippen LogP contribution is 2.57. The molecule has 0 bridgehead atoms. The Morgan fingerprint density at radius 1 is 0.632 bits per heavy atom. The van der Waals surface area contributed by atoms with Crippen LogP contribution in [0.15, 0.2) is 127 Å². The van der Waals surface area contributed by atoms with Crippen molar-refractivity contribution in [1.29, 1.82) is 0 Å². The summed E-state index contributed by atoms with van der Waals surface area (Å²) in [7, 11) is 0. The van der Waals surface area contributed by atoms with Crippen LogP contribution >= 0.6 is 0 Å². The topological polar surface area (TPSA) is 49.9 Å². The Kier molecular flexibility index (Phi) is 5.24. The molecule has 0 aromatic heterocycles. The van der Waals surface area contributed by atoms with Crippen molar-refractivity contribution in [2.24, 2.45) is 0 Å². The minimum atomic E-state index is -0.664. The summed E-state index contributed by atoms with van der Waals surface area (Å²) in [4.78, 5) is 29.0. The Morgan fingerprint density at radius 2 is 1.13 bits per heavy atom. The van der Waals surface area contributed by atoms with E-state index < -0.39 is 5.60 Å². The Hall–Kier alpha value is -4.54. The van der Waals surface area contributed by atoms with Gasteiger partial charge in [-0.2, -0.15) is 0 Å². The van der Waals surface area contributed by atoms with Crippen molar-refractivity contribution >= 4 is 22.6 Å². The Morgan fingerprint density at radius 3 is 1.66 bits per heavy atom. The third kappa shape index (κ3) is 3.41. The van der Waals surface area contributed by atoms with Crippen molar-refractivity contribution in [2.45, 2.75) is 17.6 Å². The van der Waals surface area contributed by atoms with Crippen LogP contribution in [0.5, 0.6) is 0 Å². The van der Waals surface area contributed by atoms with Gasteiger partial charge < -0.3 is 4.74 Å². The Bertz CT molecular complexity index is 1570. The lowest BCUT2D eigenvalue weighted by Gasteiger charge is -2.31. The number of ether oxygens (including phenoxy) is 1. The lowest BCUT2D eigenvalue weighted by molar-refractivity contribution is 0.0595. The molecular weight excluding hydrogens is 470 g/mol. The predicted molar refractivity (Wildman–Crippen MR) is 147 cm³/mol. The van der Waals surface area contributed by atoms with Crippen molar-refractivity contribution in [1.82, 2.24) is 4.90 Å². The average molecular weight is 496 g/mol. The second-order valence-electron chi connectivity index (χ2n) is 9.95. The summed E-state index contributed by atoms with van der Waals surface area (Å²) in [6.45, 7) is 0.221. The van der Waals surface area contributed by atoms with Crippen LogP contribution < -0.4 is 0 Å². The maximum absolute atomic E-state index is 13.8. The fourth-order valence-electron chi connectivity index (χ4n) is 6.05. The molecule has 0 aliphatic carbocycles. The van der Waals surface area contributed by atoms with Crippen molar-refractivity contribution in [3.63, 3.8) is 0 Å². The average Bonchev–Trinajstić information content (AvgIpc) is 3.74. The summed E-state index contributed by atoms with van der Waals surface area (Å²) in [5.74, 6) is -0.745. The first-order chi connectivity index (χ1) is 18.7. The van der Waals surface area contributed by atoms with Gasteiger partial charge >= 0.3 is 0 Å². The van der Waals surface area contributed by atoms with Crippen LogP contribution in [-0.4, -0.2) is 29.4 Å². The van der Waals surface area contributed by atoms with Gasteiger partial charge in [0, 0.05) is 29.0 Å². The van der Waals surface area contributed by atoms with E-state index in [1.807, 2.05) is 91.0 Å². The minimum absolute atomic E-state index is 0.221. The third-order valence-electron chi connectivity index (χ3n) is 7.89. The first kappa shape index (κ1) is 22.6. The summed E-state index contributed by atoms with van der Waals surface area (Å²) in [5, 5.41) is 1.64. The standard InChI is InChI=1S/C34H25NO3/c36-32-27-20-10-14-24-15-11-21-28(30(24)27)33(37)35(32)22-29(23-12-4-1-5-13-23)31-34(38-31,25-16-6-2-7-17-25)26-18-8-3-9-19-26/h1-21,29,31H,22H2. The number of rotatable bonds is 6. The van der Waals surface area contributed by atoms with Crippen molar-refractivity contribution in [2.75, 3.05) is 6.54 Å².